The summed E-state index contributed by atoms with van der Waals surface area (Å²) in [5.41, 5.74) is 8.22. The summed E-state index contributed by atoms with van der Waals surface area (Å²) in [6.45, 7) is 0.592. The minimum absolute atomic E-state index is 0.518. The van der Waals surface area contributed by atoms with Crippen molar-refractivity contribution in [3.8, 4) is 5.95 Å². The van der Waals surface area contributed by atoms with Crippen LogP contribution >= 0.6 is 0 Å². The summed E-state index contributed by atoms with van der Waals surface area (Å²) in [6.07, 6.45) is 4.32. The van der Waals surface area contributed by atoms with Gasteiger partial charge in [-0.15, -0.1) is 5.10 Å². The van der Waals surface area contributed by atoms with Gasteiger partial charge in [-0.3, -0.25) is 0 Å². The molecule has 2 heterocycles. The summed E-state index contributed by atoms with van der Waals surface area (Å²) in [7, 11) is 0. The number of nitrogens with two attached hydrogens (primary N) is 1. The summed E-state index contributed by atoms with van der Waals surface area (Å²) in [5.74, 6) is 0.518. The van der Waals surface area contributed by atoms with Gasteiger partial charge in [-0.2, -0.15) is 4.68 Å². The number of hydrogen-bond acceptors (Lipinski definition) is 5. The first-order valence-corrected chi connectivity index (χ1v) is 5.70. The van der Waals surface area contributed by atoms with Gasteiger partial charge in [-0.05, 0) is 30.7 Å². The minimum atomic E-state index is 0.518. The zero-order valence-electron chi connectivity index (χ0n) is 9.69. The van der Waals surface area contributed by atoms with E-state index in [9.17, 15) is 0 Å². The molecule has 0 fully saturated rings. The van der Waals surface area contributed by atoms with Crippen molar-refractivity contribution in [2.24, 2.45) is 5.73 Å². The molecule has 90 valence electrons. The van der Waals surface area contributed by atoms with E-state index in [1.54, 1.807) is 17.1 Å². The molecule has 3 aromatic rings. The topological polar surface area (TPSA) is 82.5 Å². The lowest BCUT2D eigenvalue weighted by Gasteiger charge is -2.01. The van der Waals surface area contributed by atoms with Crippen LogP contribution in [0.4, 0.5) is 0 Å². The standard InChI is InChI=1S/C12H12N6/c13-6-5-9-7-14-12(15-8-9)18-11-4-2-1-3-10(11)16-17-18/h1-4,7-8H,5-6,13H2. The van der Waals surface area contributed by atoms with E-state index in [4.69, 9.17) is 5.73 Å². The molecular formula is C12H12N6. The summed E-state index contributed by atoms with van der Waals surface area (Å²) in [4.78, 5) is 8.57. The fourth-order valence-electron chi connectivity index (χ4n) is 1.77. The molecule has 0 aliphatic carbocycles. The van der Waals surface area contributed by atoms with Gasteiger partial charge < -0.3 is 5.73 Å². The van der Waals surface area contributed by atoms with Gasteiger partial charge in [0, 0.05) is 12.4 Å². The first-order valence-electron chi connectivity index (χ1n) is 5.70. The Labute approximate surface area is 103 Å². The van der Waals surface area contributed by atoms with Crippen LogP contribution in [0.5, 0.6) is 0 Å². The molecule has 0 amide bonds. The molecule has 0 saturated carbocycles. The largest absolute Gasteiger partial charge is 0.330 e. The van der Waals surface area contributed by atoms with Crippen LogP contribution in [0.3, 0.4) is 0 Å². The van der Waals surface area contributed by atoms with Gasteiger partial charge in [0.15, 0.2) is 0 Å². The van der Waals surface area contributed by atoms with E-state index in [1.165, 1.54) is 0 Å². The minimum Gasteiger partial charge on any atom is -0.330 e. The Balaban J connectivity index is 2.03. The van der Waals surface area contributed by atoms with Gasteiger partial charge in [-0.25, -0.2) is 9.97 Å². The molecule has 6 heteroatoms. The van der Waals surface area contributed by atoms with Crippen molar-refractivity contribution in [1.29, 1.82) is 0 Å². The molecule has 0 radical (unpaired) electrons. The van der Waals surface area contributed by atoms with Crippen molar-refractivity contribution < 1.29 is 0 Å². The van der Waals surface area contributed by atoms with Crippen molar-refractivity contribution in [2.75, 3.05) is 6.54 Å². The summed E-state index contributed by atoms with van der Waals surface area (Å²) in [6, 6.07) is 7.70. The first kappa shape index (κ1) is 10.8. The molecule has 0 aliphatic rings. The number of benzene rings is 1. The molecule has 2 N–H and O–H groups in total. The van der Waals surface area contributed by atoms with Gasteiger partial charge in [0.05, 0.1) is 5.52 Å². The Morgan fingerprint density at radius 3 is 2.67 bits per heavy atom. The number of nitrogens with zero attached hydrogens (tertiary/aromatic N) is 5. The van der Waals surface area contributed by atoms with Crippen molar-refractivity contribution >= 4 is 11.0 Å². The van der Waals surface area contributed by atoms with Crippen LogP contribution in [0.25, 0.3) is 17.0 Å². The lowest BCUT2D eigenvalue weighted by molar-refractivity contribution is 0.768. The van der Waals surface area contributed by atoms with Crippen molar-refractivity contribution in [2.45, 2.75) is 6.42 Å². The van der Waals surface area contributed by atoms with Gasteiger partial charge in [0.25, 0.3) is 5.95 Å². The number of rotatable bonds is 3. The maximum atomic E-state index is 5.48. The molecule has 0 unspecified atom stereocenters. The second-order valence-corrected chi connectivity index (χ2v) is 3.92. The van der Waals surface area contributed by atoms with Crippen LogP contribution in [0, 0.1) is 0 Å². The molecule has 0 atom stereocenters. The smallest absolute Gasteiger partial charge is 0.252 e. The van der Waals surface area contributed by atoms with Gasteiger partial charge in [-0.1, -0.05) is 17.3 Å². The van der Waals surface area contributed by atoms with Crippen LogP contribution in [0.2, 0.25) is 0 Å². The third-order valence-corrected chi connectivity index (χ3v) is 2.67. The second-order valence-electron chi connectivity index (χ2n) is 3.92. The Bertz CT molecular complexity index is 658. The number of hydrogen-bond donors (Lipinski definition) is 1. The number of aromatic nitrogens is 5. The Hall–Kier alpha value is -2.34. The quantitative estimate of drug-likeness (QED) is 0.729. The molecule has 0 bridgehead atoms. The highest BCUT2D eigenvalue weighted by Crippen LogP contribution is 2.12. The van der Waals surface area contributed by atoms with Crippen LogP contribution in [-0.4, -0.2) is 31.5 Å². The monoisotopic (exact) mass is 240 g/mol. The van der Waals surface area contributed by atoms with Crippen LogP contribution in [0.15, 0.2) is 36.7 Å². The predicted molar refractivity (Wildman–Crippen MR) is 67.2 cm³/mol. The normalized spacial score (nSPS) is 10.9. The van der Waals surface area contributed by atoms with E-state index >= 15 is 0 Å². The fraction of sp³-hybridized carbons (Fsp3) is 0.167. The Kier molecular flexibility index (Phi) is 2.70. The average Bonchev–Trinajstić information content (AvgIpc) is 2.84. The van der Waals surface area contributed by atoms with E-state index in [1.807, 2.05) is 24.3 Å². The molecule has 0 aliphatic heterocycles. The lowest BCUT2D eigenvalue weighted by atomic mass is 10.2. The van der Waals surface area contributed by atoms with E-state index < -0.39 is 0 Å². The van der Waals surface area contributed by atoms with E-state index in [0.717, 1.165) is 23.0 Å². The SMILES string of the molecule is NCCc1cnc(-n2nnc3ccccc32)nc1. The van der Waals surface area contributed by atoms with Crippen molar-refractivity contribution in [1.82, 2.24) is 25.0 Å². The molecule has 0 saturated heterocycles. The second kappa shape index (κ2) is 4.50. The number of fused-ring (bicyclic) bond motifs is 1. The molecular weight excluding hydrogens is 228 g/mol. The zero-order valence-corrected chi connectivity index (χ0v) is 9.69. The third kappa shape index (κ3) is 1.82. The molecule has 1 aromatic carbocycles. The van der Waals surface area contributed by atoms with Crippen molar-refractivity contribution in [3.63, 3.8) is 0 Å². The van der Waals surface area contributed by atoms with Crippen LogP contribution in [-0.2, 0) is 6.42 Å². The highest BCUT2D eigenvalue weighted by molar-refractivity contribution is 5.75. The first-order chi connectivity index (χ1) is 8.88. The van der Waals surface area contributed by atoms with Crippen LogP contribution < -0.4 is 5.73 Å². The Morgan fingerprint density at radius 2 is 1.89 bits per heavy atom. The molecule has 6 nitrogen and oxygen atoms in total. The van der Waals surface area contributed by atoms with Gasteiger partial charge >= 0.3 is 0 Å². The summed E-state index contributed by atoms with van der Waals surface area (Å²) < 4.78 is 1.63. The third-order valence-electron chi connectivity index (χ3n) is 2.67. The van der Waals surface area contributed by atoms with Crippen molar-refractivity contribution in [3.05, 3.63) is 42.2 Å². The maximum Gasteiger partial charge on any atom is 0.252 e. The van der Waals surface area contributed by atoms with E-state index in [0.29, 0.717) is 12.5 Å². The fourth-order valence-corrected chi connectivity index (χ4v) is 1.77. The maximum absolute atomic E-state index is 5.48. The highest BCUT2D eigenvalue weighted by Gasteiger charge is 2.07. The molecule has 18 heavy (non-hydrogen) atoms. The van der Waals surface area contributed by atoms with Crippen LogP contribution in [0.1, 0.15) is 5.56 Å². The molecule has 3 rings (SSSR count). The highest BCUT2D eigenvalue weighted by atomic mass is 15.5. The average molecular weight is 240 g/mol. The number of para-hydroxylation sites is 1. The van der Waals surface area contributed by atoms with Gasteiger partial charge in [0.1, 0.15) is 5.52 Å². The molecule has 0 spiro atoms. The summed E-state index contributed by atoms with van der Waals surface area (Å²) >= 11 is 0. The summed E-state index contributed by atoms with van der Waals surface area (Å²) in [5, 5.41) is 8.12. The van der Waals surface area contributed by atoms with E-state index in [2.05, 4.69) is 20.3 Å². The van der Waals surface area contributed by atoms with E-state index in [-0.39, 0.29) is 0 Å². The zero-order chi connectivity index (χ0) is 12.4. The van der Waals surface area contributed by atoms with Gasteiger partial charge in [0.2, 0.25) is 0 Å². The predicted octanol–water partition coefficient (Wildman–Crippen LogP) is 0.712. The Morgan fingerprint density at radius 1 is 1.11 bits per heavy atom. The lowest BCUT2D eigenvalue weighted by Crippen LogP contribution is -2.06. The molecule has 2 aromatic heterocycles.